The van der Waals surface area contributed by atoms with Gasteiger partial charge in [0, 0.05) is 7.05 Å². The van der Waals surface area contributed by atoms with Crippen molar-refractivity contribution in [3.05, 3.63) is 35.8 Å². The van der Waals surface area contributed by atoms with Gasteiger partial charge in [-0.05, 0) is 50.3 Å². The number of hydrogen-bond donors (Lipinski definition) is 0. The van der Waals surface area contributed by atoms with Crippen molar-refractivity contribution in [2.24, 2.45) is 5.41 Å². The number of carbonyl (C=O) groups is 4. The summed E-state index contributed by atoms with van der Waals surface area (Å²) in [5.41, 5.74) is -0.712. The van der Waals surface area contributed by atoms with E-state index in [2.05, 4.69) is 0 Å². The Labute approximate surface area is 145 Å². The monoisotopic (exact) mass is 344 g/mol. The molecule has 3 rings (SSSR count). The summed E-state index contributed by atoms with van der Waals surface area (Å²) in [5.74, 6) is -1.61. The maximum absolute atomic E-state index is 13.1. The lowest BCUT2D eigenvalue weighted by atomic mass is 9.73. The molecule has 1 saturated heterocycles. The summed E-state index contributed by atoms with van der Waals surface area (Å²) in [4.78, 5) is 52.3. The van der Waals surface area contributed by atoms with Gasteiger partial charge < -0.3 is 4.42 Å². The highest BCUT2D eigenvalue weighted by molar-refractivity contribution is 6.21. The standard InChI is InChI=1S/C18H20N2O5/c1-18(12-7-4-3-5-8-12)15(22)19(2)17(24)20(16(18)23)11-13(21)14-9-6-10-25-14/h6-7,9-10H,3-5,8,11H2,1-2H3. The molecule has 4 amide bonds. The van der Waals surface area contributed by atoms with E-state index in [-0.39, 0.29) is 5.76 Å². The van der Waals surface area contributed by atoms with Crippen molar-refractivity contribution in [3.8, 4) is 0 Å². The third kappa shape index (κ3) is 2.69. The third-order valence-electron chi connectivity index (χ3n) is 4.95. The zero-order valence-corrected chi connectivity index (χ0v) is 14.3. The van der Waals surface area contributed by atoms with Gasteiger partial charge in [0.25, 0.3) is 5.91 Å². The van der Waals surface area contributed by atoms with E-state index in [0.29, 0.717) is 6.42 Å². The van der Waals surface area contributed by atoms with Crippen molar-refractivity contribution in [2.75, 3.05) is 13.6 Å². The molecular formula is C18H20N2O5. The van der Waals surface area contributed by atoms with E-state index in [1.165, 1.54) is 19.4 Å². The molecule has 25 heavy (non-hydrogen) atoms. The molecule has 0 bridgehead atoms. The molecule has 2 aliphatic rings. The summed E-state index contributed by atoms with van der Waals surface area (Å²) < 4.78 is 5.03. The van der Waals surface area contributed by atoms with Gasteiger partial charge in [-0.1, -0.05) is 6.08 Å². The van der Waals surface area contributed by atoms with Crippen molar-refractivity contribution >= 4 is 23.6 Å². The summed E-state index contributed by atoms with van der Waals surface area (Å²) >= 11 is 0. The van der Waals surface area contributed by atoms with E-state index in [4.69, 9.17) is 4.42 Å². The number of Topliss-reactive ketones (excluding diaryl/α,β-unsaturated/α-hetero) is 1. The minimum Gasteiger partial charge on any atom is -0.461 e. The number of urea groups is 1. The molecule has 0 spiro atoms. The van der Waals surface area contributed by atoms with Crippen LogP contribution in [0.5, 0.6) is 0 Å². The number of furan rings is 1. The Morgan fingerprint density at radius 3 is 2.60 bits per heavy atom. The molecule has 0 saturated carbocycles. The van der Waals surface area contributed by atoms with Crippen LogP contribution >= 0.6 is 0 Å². The van der Waals surface area contributed by atoms with E-state index >= 15 is 0 Å². The summed E-state index contributed by atoms with van der Waals surface area (Å²) in [6.07, 6.45) is 6.60. The molecule has 2 heterocycles. The fourth-order valence-corrected chi connectivity index (χ4v) is 3.42. The lowest BCUT2D eigenvalue weighted by molar-refractivity contribution is -0.153. The van der Waals surface area contributed by atoms with Gasteiger partial charge in [0.1, 0.15) is 5.41 Å². The van der Waals surface area contributed by atoms with Crippen molar-refractivity contribution in [2.45, 2.75) is 32.6 Å². The highest BCUT2D eigenvalue weighted by atomic mass is 16.3. The SMILES string of the molecule is CN1C(=O)N(CC(=O)c2ccco2)C(=O)C(C)(C2=CCCCC2)C1=O. The predicted molar refractivity (Wildman–Crippen MR) is 87.6 cm³/mol. The zero-order chi connectivity index (χ0) is 18.2. The summed E-state index contributed by atoms with van der Waals surface area (Å²) in [7, 11) is 1.34. The third-order valence-corrected chi connectivity index (χ3v) is 4.95. The molecule has 0 N–H and O–H groups in total. The van der Waals surface area contributed by atoms with Crippen LogP contribution < -0.4 is 0 Å². The molecule has 7 nitrogen and oxygen atoms in total. The van der Waals surface area contributed by atoms with Gasteiger partial charge in [-0.2, -0.15) is 0 Å². The van der Waals surface area contributed by atoms with Gasteiger partial charge in [0.2, 0.25) is 11.7 Å². The number of rotatable bonds is 4. The van der Waals surface area contributed by atoms with Crippen LogP contribution in [0.2, 0.25) is 0 Å². The van der Waals surface area contributed by atoms with Crippen molar-refractivity contribution in [3.63, 3.8) is 0 Å². The van der Waals surface area contributed by atoms with E-state index in [1.54, 1.807) is 13.0 Å². The van der Waals surface area contributed by atoms with Crippen molar-refractivity contribution < 1.29 is 23.6 Å². The topological polar surface area (TPSA) is 87.9 Å². The number of amides is 4. The highest BCUT2D eigenvalue weighted by Gasteiger charge is 2.55. The molecule has 1 aliphatic carbocycles. The first kappa shape index (κ1) is 17.1. The fraction of sp³-hybridized carbons (Fsp3) is 0.444. The average molecular weight is 344 g/mol. The van der Waals surface area contributed by atoms with Crippen LogP contribution in [-0.2, 0) is 9.59 Å². The molecule has 132 valence electrons. The number of ketones is 1. The minimum absolute atomic E-state index is 0.0683. The fourth-order valence-electron chi connectivity index (χ4n) is 3.42. The second-order valence-electron chi connectivity index (χ2n) is 6.54. The van der Waals surface area contributed by atoms with E-state index < -0.39 is 35.6 Å². The van der Waals surface area contributed by atoms with Crippen LogP contribution in [0.3, 0.4) is 0 Å². The van der Waals surface area contributed by atoms with Gasteiger partial charge >= 0.3 is 6.03 Å². The zero-order valence-electron chi connectivity index (χ0n) is 14.3. The van der Waals surface area contributed by atoms with Gasteiger partial charge in [-0.25, -0.2) is 4.79 Å². The average Bonchev–Trinajstić information content (AvgIpc) is 3.17. The van der Waals surface area contributed by atoms with Crippen LogP contribution in [0.4, 0.5) is 4.79 Å². The van der Waals surface area contributed by atoms with Gasteiger partial charge in [-0.15, -0.1) is 0 Å². The van der Waals surface area contributed by atoms with Gasteiger partial charge in [0.05, 0.1) is 12.8 Å². The quantitative estimate of drug-likeness (QED) is 0.475. The van der Waals surface area contributed by atoms with Crippen LogP contribution in [0.1, 0.15) is 43.2 Å². The minimum atomic E-state index is -1.44. The lowest BCUT2D eigenvalue weighted by Crippen LogP contribution is -2.64. The number of hydrogen-bond acceptors (Lipinski definition) is 5. The number of nitrogens with zero attached hydrogens (tertiary/aromatic N) is 2. The summed E-state index contributed by atoms with van der Waals surface area (Å²) in [6, 6.07) is 2.24. The van der Waals surface area contributed by atoms with Crippen molar-refractivity contribution in [1.82, 2.24) is 9.80 Å². The highest BCUT2D eigenvalue weighted by Crippen LogP contribution is 2.40. The molecule has 1 aromatic rings. The lowest BCUT2D eigenvalue weighted by Gasteiger charge is -2.42. The second-order valence-corrected chi connectivity index (χ2v) is 6.54. The normalized spacial score (nSPS) is 24.6. The molecule has 0 radical (unpaired) electrons. The predicted octanol–water partition coefficient (Wildman–Crippen LogP) is 2.39. The Balaban J connectivity index is 1.94. The van der Waals surface area contributed by atoms with E-state index in [1.807, 2.05) is 6.08 Å². The Morgan fingerprint density at radius 2 is 2.00 bits per heavy atom. The molecule has 1 unspecified atom stereocenters. The maximum atomic E-state index is 13.1. The number of carbonyl (C=O) groups excluding carboxylic acids is 4. The van der Waals surface area contributed by atoms with E-state index in [0.717, 1.165) is 34.6 Å². The molecule has 1 aromatic heterocycles. The molecule has 0 aromatic carbocycles. The maximum Gasteiger partial charge on any atom is 0.333 e. The second kappa shape index (κ2) is 6.31. The smallest absolute Gasteiger partial charge is 0.333 e. The largest absolute Gasteiger partial charge is 0.461 e. The molecule has 1 aliphatic heterocycles. The van der Waals surface area contributed by atoms with Gasteiger partial charge in [0.15, 0.2) is 5.76 Å². The van der Waals surface area contributed by atoms with Crippen LogP contribution in [0, 0.1) is 5.41 Å². The Kier molecular flexibility index (Phi) is 4.32. The first-order valence-corrected chi connectivity index (χ1v) is 8.27. The van der Waals surface area contributed by atoms with Crippen molar-refractivity contribution in [1.29, 1.82) is 0 Å². The number of allylic oxidation sites excluding steroid dienone is 1. The van der Waals surface area contributed by atoms with Crippen LogP contribution in [0.15, 0.2) is 34.5 Å². The van der Waals surface area contributed by atoms with Crippen LogP contribution in [-0.4, -0.2) is 47.0 Å². The first-order chi connectivity index (χ1) is 11.9. The molecule has 7 heteroatoms. The van der Waals surface area contributed by atoms with Crippen LogP contribution in [0.25, 0.3) is 0 Å². The Morgan fingerprint density at radius 1 is 1.24 bits per heavy atom. The number of imide groups is 2. The molecular weight excluding hydrogens is 324 g/mol. The summed E-state index contributed by atoms with van der Waals surface area (Å²) in [6.45, 7) is 1.09. The first-order valence-electron chi connectivity index (χ1n) is 8.27. The Bertz CT molecular complexity index is 764. The van der Waals surface area contributed by atoms with E-state index in [9.17, 15) is 19.2 Å². The molecule has 1 atom stereocenters. The Hall–Kier alpha value is -2.70. The van der Waals surface area contributed by atoms with Gasteiger partial charge in [-0.3, -0.25) is 24.2 Å². The molecule has 1 fully saturated rings. The number of barbiturate groups is 1. The summed E-state index contributed by atoms with van der Waals surface area (Å²) in [5, 5.41) is 0.